The van der Waals surface area contributed by atoms with Crippen LogP contribution in [-0.2, 0) is 14.6 Å². The summed E-state index contributed by atoms with van der Waals surface area (Å²) in [6.45, 7) is 7.72. The molecule has 0 saturated heterocycles. The third-order valence-electron chi connectivity index (χ3n) is 2.54. The average Bonchev–Trinajstić information content (AvgIpc) is 2.15. The maximum absolute atomic E-state index is 11.6. The van der Waals surface area contributed by atoms with Gasteiger partial charge in [-0.2, -0.15) is 0 Å². The van der Waals surface area contributed by atoms with E-state index >= 15 is 0 Å². The number of nitrogens with one attached hydrogen (secondary N) is 1. The molecule has 0 saturated carbocycles. The Balaban J connectivity index is 4.54. The summed E-state index contributed by atoms with van der Waals surface area (Å²) < 4.78 is 22.6. The van der Waals surface area contributed by atoms with E-state index in [1.54, 1.807) is 0 Å². The molecular formula is C11H24N2O3S. The molecule has 1 unspecified atom stereocenters. The van der Waals surface area contributed by atoms with Crippen molar-refractivity contribution >= 4 is 15.7 Å². The highest BCUT2D eigenvalue weighted by Gasteiger charge is 2.27. The zero-order valence-electron chi connectivity index (χ0n) is 11.1. The molecule has 0 bridgehead atoms. The van der Waals surface area contributed by atoms with E-state index in [2.05, 4.69) is 5.32 Å². The van der Waals surface area contributed by atoms with Gasteiger partial charge in [-0.25, -0.2) is 8.42 Å². The van der Waals surface area contributed by atoms with Crippen LogP contribution in [-0.4, -0.2) is 37.9 Å². The van der Waals surface area contributed by atoms with Crippen LogP contribution in [0.1, 0.15) is 34.1 Å². The van der Waals surface area contributed by atoms with Gasteiger partial charge >= 0.3 is 0 Å². The fourth-order valence-corrected chi connectivity index (χ4v) is 2.44. The highest BCUT2D eigenvalue weighted by atomic mass is 32.2. The van der Waals surface area contributed by atoms with Crippen molar-refractivity contribution in [3.63, 3.8) is 0 Å². The van der Waals surface area contributed by atoms with Crippen LogP contribution in [0.25, 0.3) is 0 Å². The molecule has 102 valence electrons. The van der Waals surface area contributed by atoms with Crippen molar-refractivity contribution in [1.82, 2.24) is 5.32 Å². The number of carbonyl (C=O) groups is 1. The van der Waals surface area contributed by atoms with Crippen molar-refractivity contribution in [3.05, 3.63) is 0 Å². The zero-order valence-corrected chi connectivity index (χ0v) is 11.9. The van der Waals surface area contributed by atoms with Gasteiger partial charge in [-0.3, -0.25) is 4.79 Å². The number of carbonyl (C=O) groups excluding carboxylic acids is 1. The Kier molecular flexibility index (Phi) is 6.12. The Labute approximate surface area is 104 Å². The summed E-state index contributed by atoms with van der Waals surface area (Å²) >= 11 is 0. The monoisotopic (exact) mass is 264 g/mol. The van der Waals surface area contributed by atoms with E-state index < -0.39 is 27.0 Å². The van der Waals surface area contributed by atoms with Gasteiger partial charge in [0, 0.05) is 17.8 Å². The number of hydrogen-bond donors (Lipinski definition) is 2. The van der Waals surface area contributed by atoms with Gasteiger partial charge in [0.25, 0.3) is 0 Å². The van der Waals surface area contributed by atoms with Crippen molar-refractivity contribution in [2.75, 3.05) is 18.1 Å². The lowest BCUT2D eigenvalue weighted by atomic mass is 9.91. The summed E-state index contributed by atoms with van der Waals surface area (Å²) in [7, 11) is -3.28. The molecule has 0 aromatic heterocycles. The van der Waals surface area contributed by atoms with Gasteiger partial charge in [-0.1, -0.05) is 20.8 Å². The number of nitrogens with two attached hydrogens (primary N) is 1. The molecule has 0 spiro atoms. The Hall–Kier alpha value is -0.620. The Morgan fingerprint density at radius 1 is 1.41 bits per heavy atom. The second kappa shape index (κ2) is 6.35. The topological polar surface area (TPSA) is 89.3 Å². The minimum absolute atomic E-state index is 0.0239. The summed E-state index contributed by atoms with van der Waals surface area (Å²) in [4.78, 5) is 11.6. The van der Waals surface area contributed by atoms with Crippen molar-refractivity contribution in [2.45, 2.75) is 39.7 Å². The molecule has 0 heterocycles. The fraction of sp³-hybridized carbons (Fsp3) is 0.909. The van der Waals surface area contributed by atoms with E-state index in [9.17, 15) is 13.2 Å². The van der Waals surface area contributed by atoms with Crippen LogP contribution in [0.2, 0.25) is 0 Å². The van der Waals surface area contributed by atoms with Crippen LogP contribution >= 0.6 is 0 Å². The molecule has 1 atom stereocenters. The molecule has 5 nitrogen and oxygen atoms in total. The van der Waals surface area contributed by atoms with Gasteiger partial charge in [0.05, 0.1) is 0 Å². The molecule has 0 fully saturated rings. The van der Waals surface area contributed by atoms with Crippen molar-refractivity contribution in [1.29, 1.82) is 0 Å². The first kappa shape index (κ1) is 16.4. The SMILES string of the molecule is CCS(=O)(=O)CC(=O)NC(C)(CN)CC(C)C. The van der Waals surface area contributed by atoms with E-state index in [1.807, 2.05) is 20.8 Å². The van der Waals surface area contributed by atoms with Gasteiger partial charge in [-0.05, 0) is 19.3 Å². The first-order valence-corrected chi connectivity index (χ1v) is 7.68. The molecular weight excluding hydrogens is 240 g/mol. The third kappa shape index (κ3) is 6.63. The van der Waals surface area contributed by atoms with Crippen LogP contribution in [0.15, 0.2) is 0 Å². The van der Waals surface area contributed by atoms with Gasteiger partial charge in [-0.15, -0.1) is 0 Å². The number of rotatable bonds is 7. The number of sulfone groups is 1. The molecule has 17 heavy (non-hydrogen) atoms. The smallest absolute Gasteiger partial charge is 0.235 e. The minimum atomic E-state index is -3.28. The normalized spacial score (nSPS) is 15.6. The molecule has 1 amide bonds. The number of hydrogen-bond acceptors (Lipinski definition) is 4. The minimum Gasteiger partial charge on any atom is -0.349 e. The second-order valence-electron chi connectivity index (χ2n) is 5.09. The molecule has 0 aliphatic heterocycles. The van der Waals surface area contributed by atoms with Crippen LogP contribution < -0.4 is 11.1 Å². The number of amides is 1. The van der Waals surface area contributed by atoms with Gasteiger partial charge in [0.2, 0.25) is 5.91 Å². The summed E-state index contributed by atoms with van der Waals surface area (Å²) in [6.07, 6.45) is 0.724. The molecule has 0 aliphatic carbocycles. The molecule has 3 N–H and O–H groups in total. The molecule has 0 aromatic carbocycles. The Bertz CT molecular complexity index is 352. The first-order chi connectivity index (χ1) is 7.64. The quantitative estimate of drug-likeness (QED) is 0.692. The largest absolute Gasteiger partial charge is 0.349 e. The van der Waals surface area contributed by atoms with Crippen LogP contribution in [0.4, 0.5) is 0 Å². The maximum Gasteiger partial charge on any atom is 0.235 e. The predicted octanol–water partition coefficient (Wildman–Crippen LogP) is 0.301. The molecule has 0 radical (unpaired) electrons. The van der Waals surface area contributed by atoms with Gasteiger partial charge < -0.3 is 11.1 Å². The van der Waals surface area contributed by atoms with E-state index in [4.69, 9.17) is 5.73 Å². The molecule has 0 aromatic rings. The van der Waals surface area contributed by atoms with Crippen molar-refractivity contribution < 1.29 is 13.2 Å². The lowest BCUT2D eigenvalue weighted by Gasteiger charge is -2.31. The van der Waals surface area contributed by atoms with Gasteiger partial charge in [0.15, 0.2) is 9.84 Å². The molecule has 0 aliphatic rings. The van der Waals surface area contributed by atoms with E-state index in [0.717, 1.165) is 6.42 Å². The highest BCUT2D eigenvalue weighted by Crippen LogP contribution is 2.15. The van der Waals surface area contributed by atoms with E-state index in [0.29, 0.717) is 12.5 Å². The standard InChI is InChI=1S/C11H24N2O3S/c1-5-17(15,16)7-10(14)13-11(4,8-12)6-9(2)3/h9H,5-8,12H2,1-4H3,(H,13,14). The summed E-state index contributed by atoms with van der Waals surface area (Å²) in [5.41, 5.74) is 5.10. The van der Waals surface area contributed by atoms with Crippen LogP contribution in [0.3, 0.4) is 0 Å². The van der Waals surface area contributed by atoms with E-state index in [-0.39, 0.29) is 5.75 Å². The third-order valence-corrected chi connectivity index (χ3v) is 4.12. The zero-order chi connectivity index (χ0) is 13.7. The van der Waals surface area contributed by atoms with Crippen LogP contribution in [0.5, 0.6) is 0 Å². The first-order valence-electron chi connectivity index (χ1n) is 5.85. The molecule has 0 rings (SSSR count). The fourth-order valence-electron chi connectivity index (χ4n) is 1.76. The second-order valence-corrected chi connectivity index (χ2v) is 7.44. The average molecular weight is 264 g/mol. The Morgan fingerprint density at radius 2 is 1.94 bits per heavy atom. The Morgan fingerprint density at radius 3 is 2.29 bits per heavy atom. The summed E-state index contributed by atoms with van der Waals surface area (Å²) in [5.74, 6) is -0.576. The van der Waals surface area contributed by atoms with Crippen LogP contribution in [0, 0.1) is 5.92 Å². The predicted molar refractivity (Wildman–Crippen MR) is 69.4 cm³/mol. The highest BCUT2D eigenvalue weighted by molar-refractivity contribution is 7.92. The van der Waals surface area contributed by atoms with Gasteiger partial charge in [0.1, 0.15) is 5.75 Å². The summed E-state index contributed by atoms with van der Waals surface area (Å²) in [6, 6.07) is 0. The van der Waals surface area contributed by atoms with Crippen molar-refractivity contribution in [3.8, 4) is 0 Å². The maximum atomic E-state index is 11.6. The van der Waals surface area contributed by atoms with Crippen molar-refractivity contribution in [2.24, 2.45) is 11.7 Å². The lowest BCUT2D eigenvalue weighted by Crippen LogP contribution is -2.53. The summed E-state index contributed by atoms with van der Waals surface area (Å²) in [5, 5.41) is 2.72. The lowest BCUT2D eigenvalue weighted by molar-refractivity contribution is -0.120. The molecule has 6 heteroatoms. The van der Waals surface area contributed by atoms with E-state index in [1.165, 1.54) is 6.92 Å².